The number of aliphatic hydroxyl groups excluding tert-OH is 2. The average molecular weight is 424 g/mol. The summed E-state index contributed by atoms with van der Waals surface area (Å²) in [4.78, 5) is 12.8. The third-order valence-corrected chi connectivity index (χ3v) is 5.67. The number of ether oxygens (including phenoxy) is 1. The Balaban J connectivity index is 1.83. The molecule has 3 heterocycles. The van der Waals surface area contributed by atoms with Crippen LogP contribution in [0.3, 0.4) is 0 Å². The fourth-order valence-electron chi connectivity index (χ4n) is 2.93. The Morgan fingerprint density at radius 3 is 2.76 bits per heavy atom. The van der Waals surface area contributed by atoms with Crippen LogP contribution in [-0.4, -0.2) is 65.3 Å². The van der Waals surface area contributed by atoms with Crippen molar-refractivity contribution in [1.82, 2.24) is 19.5 Å². The molecular formula is C18H29N7O3S. The van der Waals surface area contributed by atoms with E-state index in [-0.39, 0.29) is 11.8 Å². The second-order valence-corrected chi connectivity index (χ2v) is 9.35. The summed E-state index contributed by atoms with van der Waals surface area (Å²) in [5.74, 6) is 1.48. The molecule has 0 amide bonds. The van der Waals surface area contributed by atoms with E-state index in [2.05, 4.69) is 53.2 Å². The number of aliphatic hydroxyl groups is 2. The number of nitrogens with one attached hydrogen (secondary N) is 1. The van der Waals surface area contributed by atoms with Crippen molar-refractivity contribution >= 4 is 40.9 Å². The molecule has 11 heteroatoms. The standard InChI is InChI=1S/C18H29N7O3S/c1-9(2)5-6-21-24-18-22-15(19)12-16(23-18)25(8-20-12)17-14(27)13(26)11(28-17)7-29-10(3)4/h6,8-11,13-14,17,26-27H,5,7H2,1-4H3,(H3,19,22,23,24)/b21-6+/t11-,13-,14-,17-/m1/s1. The molecule has 0 aliphatic carbocycles. The van der Waals surface area contributed by atoms with Crippen molar-refractivity contribution in [1.29, 1.82) is 0 Å². The average Bonchev–Trinajstić information content (AvgIpc) is 3.19. The van der Waals surface area contributed by atoms with Gasteiger partial charge >= 0.3 is 0 Å². The monoisotopic (exact) mass is 423 g/mol. The summed E-state index contributed by atoms with van der Waals surface area (Å²) < 4.78 is 7.52. The first-order chi connectivity index (χ1) is 13.8. The van der Waals surface area contributed by atoms with Crippen molar-refractivity contribution in [3.63, 3.8) is 0 Å². The molecule has 1 aliphatic heterocycles. The maximum absolute atomic E-state index is 10.5. The molecule has 1 saturated heterocycles. The van der Waals surface area contributed by atoms with Gasteiger partial charge in [-0.1, -0.05) is 27.7 Å². The second kappa shape index (κ2) is 9.24. The quantitative estimate of drug-likeness (QED) is 0.368. The van der Waals surface area contributed by atoms with Crippen LogP contribution in [0.25, 0.3) is 11.2 Å². The Morgan fingerprint density at radius 2 is 2.07 bits per heavy atom. The van der Waals surface area contributed by atoms with Gasteiger partial charge in [-0.2, -0.15) is 26.8 Å². The van der Waals surface area contributed by atoms with Crippen molar-refractivity contribution in [3.05, 3.63) is 6.33 Å². The zero-order chi connectivity index (χ0) is 21.1. The summed E-state index contributed by atoms with van der Waals surface area (Å²) >= 11 is 1.66. The first-order valence-electron chi connectivity index (χ1n) is 9.68. The van der Waals surface area contributed by atoms with Crippen LogP contribution in [0.15, 0.2) is 11.4 Å². The zero-order valence-corrected chi connectivity index (χ0v) is 17.9. The zero-order valence-electron chi connectivity index (χ0n) is 17.1. The molecule has 0 spiro atoms. The predicted molar refractivity (Wildman–Crippen MR) is 115 cm³/mol. The minimum atomic E-state index is -1.11. The Hall–Kier alpha value is -1.95. The smallest absolute Gasteiger partial charge is 0.247 e. The summed E-state index contributed by atoms with van der Waals surface area (Å²) in [5, 5.41) is 25.4. The molecule has 5 N–H and O–H groups in total. The van der Waals surface area contributed by atoms with Gasteiger partial charge in [0.1, 0.15) is 17.7 Å². The molecule has 10 nitrogen and oxygen atoms in total. The summed E-state index contributed by atoms with van der Waals surface area (Å²) in [6.45, 7) is 8.33. The molecular weight excluding hydrogens is 394 g/mol. The summed E-state index contributed by atoms with van der Waals surface area (Å²) in [6, 6.07) is 0. The number of aromatic nitrogens is 4. The fraction of sp³-hybridized carbons (Fsp3) is 0.667. The lowest BCUT2D eigenvalue weighted by molar-refractivity contribution is -0.0289. The van der Waals surface area contributed by atoms with Crippen LogP contribution in [0.1, 0.15) is 40.3 Å². The van der Waals surface area contributed by atoms with Crippen molar-refractivity contribution in [2.45, 2.75) is 63.9 Å². The number of rotatable bonds is 8. The molecule has 4 atom stereocenters. The Bertz CT molecular complexity index is 857. The third-order valence-electron chi connectivity index (χ3n) is 4.49. The van der Waals surface area contributed by atoms with Crippen LogP contribution < -0.4 is 11.2 Å². The highest BCUT2D eigenvalue weighted by molar-refractivity contribution is 7.99. The fourth-order valence-corrected chi connectivity index (χ4v) is 3.78. The molecule has 0 bridgehead atoms. The number of nitrogens with zero attached hydrogens (tertiary/aromatic N) is 5. The predicted octanol–water partition coefficient (Wildman–Crippen LogP) is 1.61. The van der Waals surface area contributed by atoms with E-state index in [0.29, 0.717) is 28.1 Å². The number of hydrogen-bond acceptors (Lipinski definition) is 10. The van der Waals surface area contributed by atoms with Crippen LogP contribution in [-0.2, 0) is 4.74 Å². The van der Waals surface area contributed by atoms with Crippen LogP contribution in [0.2, 0.25) is 0 Å². The van der Waals surface area contributed by atoms with E-state index >= 15 is 0 Å². The minimum Gasteiger partial charge on any atom is -0.387 e. The number of nitrogens with two attached hydrogens (primary N) is 1. The summed E-state index contributed by atoms with van der Waals surface area (Å²) in [5.41, 5.74) is 9.58. The Morgan fingerprint density at radius 1 is 1.31 bits per heavy atom. The van der Waals surface area contributed by atoms with Crippen molar-refractivity contribution in [3.8, 4) is 0 Å². The Kier molecular flexibility index (Phi) is 6.93. The molecule has 0 saturated carbocycles. The number of hydrogen-bond donors (Lipinski definition) is 4. The molecule has 3 rings (SSSR count). The van der Waals surface area contributed by atoms with E-state index in [0.717, 1.165) is 6.42 Å². The van der Waals surface area contributed by atoms with Crippen molar-refractivity contribution in [2.75, 3.05) is 16.9 Å². The Labute approximate surface area is 174 Å². The maximum atomic E-state index is 10.5. The molecule has 0 radical (unpaired) electrons. The van der Waals surface area contributed by atoms with Crippen LogP contribution >= 0.6 is 11.8 Å². The van der Waals surface area contributed by atoms with E-state index in [1.165, 1.54) is 6.33 Å². The maximum Gasteiger partial charge on any atom is 0.247 e. The molecule has 160 valence electrons. The van der Waals surface area contributed by atoms with Gasteiger partial charge in [0.05, 0.1) is 12.4 Å². The van der Waals surface area contributed by atoms with E-state index < -0.39 is 24.5 Å². The lowest BCUT2D eigenvalue weighted by atomic mass is 10.1. The summed E-state index contributed by atoms with van der Waals surface area (Å²) in [7, 11) is 0. The summed E-state index contributed by atoms with van der Waals surface area (Å²) in [6.07, 6.45) is 0.640. The van der Waals surface area contributed by atoms with Crippen LogP contribution in [0.5, 0.6) is 0 Å². The lowest BCUT2D eigenvalue weighted by Crippen LogP contribution is -2.32. The number of nitrogen functional groups attached to an aromatic ring is 1. The van der Waals surface area contributed by atoms with Gasteiger partial charge in [-0.25, -0.2) is 10.4 Å². The SMILES string of the molecule is CC(C)C/C=N/Nc1nc(N)c2ncn([C@@H]3O[C@H](CSC(C)C)[C@@H](O)[C@H]3O)c2n1. The number of fused-ring (bicyclic) bond motifs is 1. The number of hydrazone groups is 1. The highest BCUT2D eigenvalue weighted by Gasteiger charge is 2.44. The molecule has 29 heavy (non-hydrogen) atoms. The first kappa shape index (κ1) is 21.8. The molecule has 0 unspecified atom stereocenters. The first-order valence-corrected chi connectivity index (χ1v) is 10.7. The van der Waals surface area contributed by atoms with Gasteiger partial charge in [0, 0.05) is 12.0 Å². The van der Waals surface area contributed by atoms with E-state index in [1.807, 2.05) is 0 Å². The van der Waals surface area contributed by atoms with Gasteiger partial charge in [-0.05, 0) is 17.6 Å². The molecule has 1 fully saturated rings. The van der Waals surface area contributed by atoms with Crippen LogP contribution in [0.4, 0.5) is 11.8 Å². The van der Waals surface area contributed by atoms with Crippen LogP contribution in [0, 0.1) is 5.92 Å². The van der Waals surface area contributed by atoms with Crippen molar-refractivity contribution < 1.29 is 14.9 Å². The largest absolute Gasteiger partial charge is 0.387 e. The number of anilines is 2. The van der Waals surface area contributed by atoms with Gasteiger partial charge in [0.2, 0.25) is 5.95 Å². The van der Waals surface area contributed by atoms with E-state index in [1.54, 1.807) is 22.5 Å². The van der Waals surface area contributed by atoms with Gasteiger partial charge in [-0.3, -0.25) is 4.57 Å². The highest BCUT2D eigenvalue weighted by atomic mass is 32.2. The van der Waals surface area contributed by atoms with Gasteiger partial charge in [-0.15, -0.1) is 0 Å². The van der Waals surface area contributed by atoms with E-state index in [4.69, 9.17) is 10.5 Å². The van der Waals surface area contributed by atoms with Gasteiger partial charge < -0.3 is 20.7 Å². The lowest BCUT2D eigenvalue weighted by Gasteiger charge is -2.17. The molecule has 2 aromatic rings. The van der Waals surface area contributed by atoms with E-state index in [9.17, 15) is 10.2 Å². The number of imidazole rings is 1. The molecule has 0 aromatic carbocycles. The topological polar surface area (TPSA) is 144 Å². The normalized spacial score (nSPS) is 25.1. The number of thioether (sulfide) groups is 1. The van der Waals surface area contributed by atoms with Gasteiger partial charge in [0.15, 0.2) is 17.7 Å². The van der Waals surface area contributed by atoms with Gasteiger partial charge in [0.25, 0.3) is 0 Å². The molecule has 2 aromatic heterocycles. The minimum absolute atomic E-state index is 0.190. The third kappa shape index (κ3) is 4.97. The van der Waals surface area contributed by atoms with Crippen molar-refractivity contribution in [2.24, 2.45) is 11.0 Å². The molecule has 1 aliphatic rings. The second-order valence-electron chi connectivity index (χ2n) is 7.74. The highest BCUT2D eigenvalue weighted by Crippen LogP contribution is 2.34.